The molecule has 18 heavy (non-hydrogen) atoms. The molecule has 112 valence electrons. The molecular weight excluding hydrogens is 216 g/mol. The van der Waals surface area contributed by atoms with Crippen LogP contribution in [0.15, 0.2) is 0 Å². The van der Waals surface area contributed by atoms with Crippen molar-refractivity contribution in [3.63, 3.8) is 0 Å². The predicted octanol–water partition coefficient (Wildman–Crippen LogP) is 6.94. The topological polar surface area (TPSA) is 0 Å². The maximum absolute atomic E-state index is 2.39. The zero-order chi connectivity index (χ0) is 13.4. The van der Waals surface area contributed by atoms with Crippen LogP contribution in [0.1, 0.15) is 94.8 Å². The lowest BCUT2D eigenvalue weighted by molar-refractivity contribution is 0.276. The van der Waals surface area contributed by atoms with Gasteiger partial charge in [-0.25, -0.2) is 0 Å². The molecule has 0 atom stereocenters. The average molecular weight is 257 g/mol. The molecule has 0 heteroatoms. The minimum atomic E-state index is 0. The maximum atomic E-state index is 2.39. The summed E-state index contributed by atoms with van der Waals surface area (Å²) in [6, 6.07) is 0. The molecule has 0 saturated heterocycles. The average Bonchev–Trinajstić information content (AvgIpc) is 2.37. The van der Waals surface area contributed by atoms with E-state index in [9.17, 15) is 0 Å². The summed E-state index contributed by atoms with van der Waals surface area (Å²) in [5.41, 5.74) is 0. The van der Waals surface area contributed by atoms with Gasteiger partial charge in [0.05, 0.1) is 0 Å². The zero-order valence-corrected chi connectivity index (χ0v) is 13.4. The normalized spacial score (nSPS) is 36.7. The minimum Gasteiger partial charge on any atom is -0.0654 e. The SMILES string of the molecule is CC1CCC(C)CC1.CCCC1CCC(C)CC1.[HH].[HH]. The Balaban J connectivity index is 0. The van der Waals surface area contributed by atoms with Crippen LogP contribution in [-0.2, 0) is 0 Å². The van der Waals surface area contributed by atoms with Crippen LogP contribution in [0, 0.1) is 23.7 Å². The molecule has 0 aromatic rings. The standard InChI is InChI=1S/C10H20.C8H16.2H2/c1-3-4-10-7-5-9(2)6-8-10;1-7-3-5-8(2)6-4-7;;/h9-10H,3-8H2,1-2H3;7-8H,3-6H2,1-2H3;2*1H. The van der Waals surface area contributed by atoms with E-state index in [2.05, 4.69) is 27.7 Å². The molecule has 0 bridgehead atoms. The van der Waals surface area contributed by atoms with Crippen molar-refractivity contribution in [2.75, 3.05) is 0 Å². The Morgan fingerprint density at radius 2 is 1.00 bits per heavy atom. The molecule has 0 aliphatic heterocycles. The van der Waals surface area contributed by atoms with Crippen LogP contribution in [0.5, 0.6) is 0 Å². The van der Waals surface area contributed by atoms with E-state index >= 15 is 0 Å². The third kappa shape index (κ3) is 6.81. The molecule has 2 aliphatic rings. The Hall–Kier alpha value is 0. The molecule has 2 fully saturated rings. The first-order valence-electron chi connectivity index (χ1n) is 8.61. The second-order valence-electron chi connectivity index (χ2n) is 7.28. The van der Waals surface area contributed by atoms with E-state index in [1.807, 2.05) is 0 Å². The summed E-state index contributed by atoms with van der Waals surface area (Å²) in [5.74, 6) is 4.15. The van der Waals surface area contributed by atoms with Gasteiger partial charge in [0.25, 0.3) is 0 Å². The highest BCUT2D eigenvalue weighted by Crippen LogP contribution is 2.30. The lowest BCUT2D eigenvalue weighted by Crippen LogP contribution is -2.11. The van der Waals surface area contributed by atoms with E-state index < -0.39 is 0 Å². The molecule has 2 saturated carbocycles. The van der Waals surface area contributed by atoms with Crippen LogP contribution in [0.3, 0.4) is 0 Å². The van der Waals surface area contributed by atoms with Gasteiger partial charge in [0.1, 0.15) is 0 Å². The predicted molar refractivity (Wildman–Crippen MR) is 87.1 cm³/mol. The molecule has 0 aromatic carbocycles. The molecule has 0 heterocycles. The highest BCUT2D eigenvalue weighted by atomic mass is 14.2. The third-order valence-electron chi connectivity index (χ3n) is 5.14. The molecule has 0 unspecified atom stereocenters. The Morgan fingerprint density at radius 3 is 1.33 bits per heavy atom. The molecule has 0 radical (unpaired) electrons. The van der Waals surface area contributed by atoms with Gasteiger partial charge >= 0.3 is 0 Å². The smallest absolute Gasteiger partial charge is 0 e. The molecule has 0 amide bonds. The quantitative estimate of drug-likeness (QED) is 0.502. The van der Waals surface area contributed by atoms with Crippen molar-refractivity contribution in [2.24, 2.45) is 23.7 Å². The Morgan fingerprint density at radius 1 is 0.667 bits per heavy atom. The fraction of sp³-hybridized carbons (Fsp3) is 1.00. The number of hydrogen-bond acceptors (Lipinski definition) is 0. The van der Waals surface area contributed by atoms with Crippen LogP contribution in [-0.4, -0.2) is 0 Å². The van der Waals surface area contributed by atoms with Crippen LogP contribution in [0.25, 0.3) is 0 Å². The Labute approximate surface area is 119 Å². The van der Waals surface area contributed by atoms with Crippen LogP contribution < -0.4 is 0 Å². The maximum Gasteiger partial charge on any atom is 0 e. The summed E-state index contributed by atoms with van der Waals surface area (Å²) >= 11 is 0. The first kappa shape index (κ1) is 16.1. The van der Waals surface area contributed by atoms with Gasteiger partial charge in [-0.1, -0.05) is 91.9 Å². The molecule has 0 spiro atoms. The van der Waals surface area contributed by atoms with Gasteiger partial charge in [-0.05, 0) is 23.7 Å². The summed E-state index contributed by atoms with van der Waals surface area (Å²) in [7, 11) is 0. The van der Waals surface area contributed by atoms with E-state index in [0.717, 1.165) is 23.7 Å². The van der Waals surface area contributed by atoms with Gasteiger partial charge in [0.2, 0.25) is 0 Å². The van der Waals surface area contributed by atoms with Gasteiger partial charge in [-0.15, -0.1) is 0 Å². The van der Waals surface area contributed by atoms with Crippen molar-refractivity contribution in [3.8, 4) is 0 Å². The molecule has 0 N–H and O–H groups in total. The van der Waals surface area contributed by atoms with Crippen LogP contribution in [0.4, 0.5) is 0 Å². The van der Waals surface area contributed by atoms with Crippen molar-refractivity contribution in [2.45, 2.75) is 91.9 Å². The third-order valence-corrected chi connectivity index (χ3v) is 5.14. The van der Waals surface area contributed by atoms with Gasteiger partial charge in [0.15, 0.2) is 0 Å². The summed E-state index contributed by atoms with van der Waals surface area (Å²) in [5, 5.41) is 0. The second-order valence-corrected chi connectivity index (χ2v) is 7.28. The van der Waals surface area contributed by atoms with E-state index in [-0.39, 0.29) is 2.85 Å². The van der Waals surface area contributed by atoms with Crippen molar-refractivity contribution >= 4 is 0 Å². The van der Waals surface area contributed by atoms with Crippen molar-refractivity contribution in [1.29, 1.82) is 0 Å². The first-order chi connectivity index (χ1) is 8.61. The molecule has 0 aromatic heterocycles. The summed E-state index contributed by atoms with van der Waals surface area (Å²) in [6.45, 7) is 9.43. The minimum absolute atomic E-state index is 0. The number of rotatable bonds is 2. The first-order valence-corrected chi connectivity index (χ1v) is 8.61. The summed E-state index contributed by atoms with van der Waals surface area (Å²) < 4.78 is 0. The zero-order valence-electron chi connectivity index (χ0n) is 13.4. The van der Waals surface area contributed by atoms with E-state index in [4.69, 9.17) is 0 Å². The summed E-state index contributed by atoms with van der Waals surface area (Å²) in [4.78, 5) is 0. The van der Waals surface area contributed by atoms with E-state index in [0.29, 0.717) is 0 Å². The van der Waals surface area contributed by atoms with Crippen molar-refractivity contribution in [1.82, 2.24) is 0 Å². The second kappa shape index (κ2) is 8.99. The highest BCUT2D eigenvalue weighted by molar-refractivity contribution is 4.69. The fourth-order valence-electron chi connectivity index (χ4n) is 3.45. The largest absolute Gasteiger partial charge is 0.0654 e. The number of hydrogen-bond donors (Lipinski definition) is 0. The van der Waals surface area contributed by atoms with Crippen LogP contribution in [0.2, 0.25) is 0 Å². The molecule has 0 nitrogen and oxygen atoms in total. The van der Waals surface area contributed by atoms with Crippen molar-refractivity contribution in [3.05, 3.63) is 0 Å². The van der Waals surface area contributed by atoms with Gasteiger partial charge in [-0.2, -0.15) is 0 Å². The molecular formula is C18H40. The lowest BCUT2D eigenvalue weighted by atomic mass is 9.81. The highest BCUT2D eigenvalue weighted by Gasteiger charge is 2.16. The van der Waals surface area contributed by atoms with Crippen molar-refractivity contribution < 1.29 is 2.85 Å². The summed E-state index contributed by atoms with van der Waals surface area (Å²) in [6.07, 6.45) is 14.8. The Kier molecular flexibility index (Phi) is 8.02. The van der Waals surface area contributed by atoms with E-state index in [1.165, 1.54) is 64.2 Å². The van der Waals surface area contributed by atoms with Gasteiger partial charge in [-0.3, -0.25) is 0 Å². The van der Waals surface area contributed by atoms with Gasteiger partial charge in [0, 0.05) is 2.85 Å². The lowest BCUT2D eigenvalue weighted by Gasteiger charge is -2.25. The molecule has 2 rings (SSSR count). The molecule has 2 aliphatic carbocycles. The van der Waals surface area contributed by atoms with E-state index in [1.54, 1.807) is 0 Å². The van der Waals surface area contributed by atoms with Gasteiger partial charge < -0.3 is 0 Å². The monoisotopic (exact) mass is 256 g/mol. The fourth-order valence-corrected chi connectivity index (χ4v) is 3.45. The van der Waals surface area contributed by atoms with Crippen LogP contribution >= 0.6 is 0 Å². The Bertz CT molecular complexity index is 180.